The zero-order valence-corrected chi connectivity index (χ0v) is 14.1. The number of aromatic nitrogens is 1. The molecule has 1 heterocycles. The van der Waals surface area contributed by atoms with E-state index in [0.717, 1.165) is 22.0 Å². The number of fused-ring (bicyclic) bond motifs is 1. The van der Waals surface area contributed by atoms with Crippen LogP contribution in [0.25, 0.3) is 10.9 Å². The van der Waals surface area contributed by atoms with Gasteiger partial charge in [-0.25, -0.2) is 0 Å². The Hall–Kier alpha value is -2.92. The van der Waals surface area contributed by atoms with Crippen molar-refractivity contribution in [3.8, 4) is 5.75 Å². The van der Waals surface area contributed by atoms with Crippen LogP contribution in [0, 0.1) is 0 Å². The van der Waals surface area contributed by atoms with Crippen molar-refractivity contribution in [2.75, 3.05) is 13.7 Å². The van der Waals surface area contributed by atoms with Gasteiger partial charge in [0.05, 0.1) is 12.1 Å². The number of carbonyl (C=O) groups is 1. The van der Waals surface area contributed by atoms with Gasteiger partial charge in [-0.1, -0.05) is 30.3 Å². The highest BCUT2D eigenvalue weighted by Crippen LogP contribution is 2.18. The molecular weight excluding hydrogens is 316 g/mol. The zero-order chi connectivity index (χ0) is 17.5. The third-order valence-corrected chi connectivity index (χ3v) is 3.77. The van der Waals surface area contributed by atoms with Gasteiger partial charge < -0.3 is 14.8 Å². The standard InChI is InChI=1S/C20H20N2O3/c1-24-13-16-6-4-15(5-7-16)12-22-20(23)14-25-18-8-9-19-17(11-18)3-2-10-21-19/h2-11H,12-14H2,1H3,(H,22,23). The summed E-state index contributed by atoms with van der Waals surface area (Å²) in [7, 11) is 1.67. The molecule has 0 radical (unpaired) electrons. The van der Waals surface area contributed by atoms with E-state index in [4.69, 9.17) is 9.47 Å². The van der Waals surface area contributed by atoms with E-state index in [9.17, 15) is 4.79 Å². The van der Waals surface area contributed by atoms with Crippen LogP contribution < -0.4 is 10.1 Å². The van der Waals surface area contributed by atoms with E-state index in [1.54, 1.807) is 13.3 Å². The van der Waals surface area contributed by atoms with Gasteiger partial charge >= 0.3 is 0 Å². The van der Waals surface area contributed by atoms with Crippen molar-refractivity contribution in [1.29, 1.82) is 0 Å². The van der Waals surface area contributed by atoms with Gasteiger partial charge in [-0.05, 0) is 35.4 Å². The molecule has 0 spiro atoms. The molecule has 0 atom stereocenters. The first kappa shape index (κ1) is 16.9. The first-order chi connectivity index (χ1) is 12.2. The topological polar surface area (TPSA) is 60.5 Å². The Balaban J connectivity index is 1.48. The molecule has 2 aromatic carbocycles. The summed E-state index contributed by atoms with van der Waals surface area (Å²) in [6, 6.07) is 17.3. The monoisotopic (exact) mass is 336 g/mol. The third kappa shape index (κ3) is 4.78. The smallest absolute Gasteiger partial charge is 0.258 e. The maximum atomic E-state index is 12.0. The lowest BCUT2D eigenvalue weighted by molar-refractivity contribution is -0.123. The lowest BCUT2D eigenvalue weighted by atomic mass is 10.1. The lowest BCUT2D eigenvalue weighted by Crippen LogP contribution is -2.28. The van der Waals surface area contributed by atoms with Crippen molar-refractivity contribution < 1.29 is 14.3 Å². The van der Waals surface area contributed by atoms with Crippen LogP contribution in [0.2, 0.25) is 0 Å². The summed E-state index contributed by atoms with van der Waals surface area (Å²) in [6.07, 6.45) is 1.75. The molecule has 128 valence electrons. The number of amides is 1. The summed E-state index contributed by atoms with van der Waals surface area (Å²) in [4.78, 5) is 16.2. The second-order valence-electron chi connectivity index (χ2n) is 5.67. The molecule has 0 saturated heterocycles. The van der Waals surface area contributed by atoms with Crippen molar-refractivity contribution in [2.45, 2.75) is 13.2 Å². The average Bonchev–Trinajstić information content (AvgIpc) is 2.66. The van der Waals surface area contributed by atoms with Crippen molar-refractivity contribution in [1.82, 2.24) is 10.3 Å². The number of nitrogens with zero attached hydrogens (tertiary/aromatic N) is 1. The van der Waals surface area contributed by atoms with Crippen molar-refractivity contribution in [3.63, 3.8) is 0 Å². The largest absolute Gasteiger partial charge is 0.484 e. The maximum Gasteiger partial charge on any atom is 0.258 e. The summed E-state index contributed by atoms with van der Waals surface area (Å²) in [6.45, 7) is 1.03. The first-order valence-corrected chi connectivity index (χ1v) is 8.05. The van der Waals surface area contributed by atoms with Crippen LogP contribution in [0.5, 0.6) is 5.75 Å². The van der Waals surface area contributed by atoms with Crippen LogP contribution in [0.1, 0.15) is 11.1 Å². The second kappa shape index (κ2) is 8.26. The fraction of sp³-hybridized carbons (Fsp3) is 0.200. The van der Waals surface area contributed by atoms with Gasteiger partial charge in [-0.3, -0.25) is 9.78 Å². The van der Waals surface area contributed by atoms with Crippen molar-refractivity contribution >= 4 is 16.8 Å². The molecule has 0 aliphatic rings. The molecule has 1 amide bonds. The molecule has 0 fully saturated rings. The van der Waals surface area contributed by atoms with Gasteiger partial charge in [0.25, 0.3) is 5.91 Å². The van der Waals surface area contributed by atoms with E-state index >= 15 is 0 Å². The number of hydrogen-bond donors (Lipinski definition) is 1. The fourth-order valence-corrected chi connectivity index (χ4v) is 2.46. The Morgan fingerprint density at radius 3 is 2.68 bits per heavy atom. The molecule has 5 heteroatoms. The molecule has 1 N–H and O–H groups in total. The second-order valence-corrected chi connectivity index (χ2v) is 5.67. The predicted octanol–water partition coefficient (Wildman–Crippen LogP) is 3.08. The summed E-state index contributed by atoms with van der Waals surface area (Å²) < 4.78 is 10.6. The van der Waals surface area contributed by atoms with Crippen LogP contribution in [0.15, 0.2) is 60.8 Å². The summed E-state index contributed by atoms with van der Waals surface area (Å²) in [5, 5.41) is 3.83. The Bertz CT molecular complexity index is 847. The van der Waals surface area contributed by atoms with Gasteiger partial charge in [0, 0.05) is 25.2 Å². The van der Waals surface area contributed by atoms with E-state index in [2.05, 4.69) is 10.3 Å². The Morgan fingerprint density at radius 1 is 1.08 bits per heavy atom. The van der Waals surface area contributed by atoms with Gasteiger partial charge in [-0.2, -0.15) is 0 Å². The van der Waals surface area contributed by atoms with Crippen LogP contribution in [-0.4, -0.2) is 24.6 Å². The predicted molar refractivity (Wildman–Crippen MR) is 96.2 cm³/mol. The number of benzene rings is 2. The van der Waals surface area contributed by atoms with Crippen molar-refractivity contribution in [2.24, 2.45) is 0 Å². The fourth-order valence-electron chi connectivity index (χ4n) is 2.46. The molecule has 5 nitrogen and oxygen atoms in total. The molecule has 0 unspecified atom stereocenters. The minimum absolute atomic E-state index is 0.0203. The summed E-state index contributed by atoms with van der Waals surface area (Å²) in [5.74, 6) is 0.492. The van der Waals surface area contributed by atoms with Crippen LogP contribution in [0.3, 0.4) is 0 Å². The lowest BCUT2D eigenvalue weighted by Gasteiger charge is -2.09. The highest BCUT2D eigenvalue weighted by Gasteiger charge is 2.04. The molecule has 0 aliphatic carbocycles. The third-order valence-electron chi connectivity index (χ3n) is 3.77. The van der Waals surface area contributed by atoms with Crippen molar-refractivity contribution in [3.05, 3.63) is 71.9 Å². The number of nitrogens with one attached hydrogen (secondary N) is 1. The normalized spacial score (nSPS) is 10.6. The van der Waals surface area contributed by atoms with Gasteiger partial charge in [0.1, 0.15) is 5.75 Å². The summed E-state index contributed by atoms with van der Waals surface area (Å²) >= 11 is 0. The minimum Gasteiger partial charge on any atom is -0.484 e. The van der Waals surface area contributed by atoms with Crippen LogP contribution in [-0.2, 0) is 22.7 Å². The number of pyridine rings is 1. The highest BCUT2D eigenvalue weighted by molar-refractivity contribution is 5.80. The Labute approximate surface area is 146 Å². The molecule has 1 aromatic heterocycles. The van der Waals surface area contributed by atoms with E-state index in [1.807, 2.05) is 54.6 Å². The van der Waals surface area contributed by atoms with Gasteiger partial charge in [0.15, 0.2) is 6.61 Å². The number of carbonyl (C=O) groups excluding carboxylic acids is 1. The molecule has 3 rings (SSSR count). The Kier molecular flexibility index (Phi) is 5.59. The first-order valence-electron chi connectivity index (χ1n) is 8.05. The van der Waals surface area contributed by atoms with Crippen LogP contribution in [0.4, 0.5) is 0 Å². The SMILES string of the molecule is COCc1ccc(CNC(=O)COc2ccc3ncccc3c2)cc1. The van der Waals surface area contributed by atoms with E-state index in [1.165, 1.54) is 0 Å². The molecule has 3 aromatic rings. The number of ether oxygens (including phenoxy) is 2. The van der Waals surface area contributed by atoms with E-state index in [0.29, 0.717) is 18.9 Å². The molecule has 25 heavy (non-hydrogen) atoms. The quantitative estimate of drug-likeness (QED) is 0.720. The van der Waals surface area contributed by atoms with Gasteiger partial charge in [-0.15, -0.1) is 0 Å². The minimum atomic E-state index is -0.160. The van der Waals surface area contributed by atoms with Crippen LogP contribution >= 0.6 is 0 Å². The van der Waals surface area contributed by atoms with Gasteiger partial charge in [0.2, 0.25) is 0 Å². The number of hydrogen-bond acceptors (Lipinski definition) is 4. The number of rotatable bonds is 7. The number of methoxy groups -OCH3 is 1. The van der Waals surface area contributed by atoms with E-state index < -0.39 is 0 Å². The molecule has 0 saturated carbocycles. The van der Waals surface area contributed by atoms with E-state index in [-0.39, 0.29) is 12.5 Å². The zero-order valence-electron chi connectivity index (χ0n) is 14.1. The highest BCUT2D eigenvalue weighted by atomic mass is 16.5. The Morgan fingerprint density at radius 2 is 1.88 bits per heavy atom. The summed E-state index contributed by atoms with van der Waals surface area (Å²) in [5.41, 5.74) is 3.04. The maximum absolute atomic E-state index is 12.0. The molecule has 0 aliphatic heterocycles. The molecule has 0 bridgehead atoms. The molecular formula is C20H20N2O3. The average molecular weight is 336 g/mol.